The van der Waals surface area contributed by atoms with Crippen LogP contribution in [0.4, 0.5) is 4.39 Å². The van der Waals surface area contributed by atoms with Crippen molar-refractivity contribution < 1.29 is 23.5 Å². The molecule has 0 fully saturated rings. The number of hydrogen-bond donors (Lipinski definition) is 0. The van der Waals surface area contributed by atoms with Crippen LogP contribution in [-0.2, 0) is 4.74 Å². The summed E-state index contributed by atoms with van der Waals surface area (Å²) in [7, 11) is 0. The summed E-state index contributed by atoms with van der Waals surface area (Å²) in [5, 5.41) is 0. The van der Waals surface area contributed by atoms with Crippen LogP contribution in [0.2, 0.25) is 0 Å². The summed E-state index contributed by atoms with van der Waals surface area (Å²) in [4.78, 5) is 23.3. The number of rotatable bonds is 5. The molecule has 0 saturated carbocycles. The molecule has 0 aliphatic rings. The molecule has 0 saturated heterocycles. The zero-order valence-electron chi connectivity index (χ0n) is 13.2. The third-order valence-electron chi connectivity index (χ3n) is 3.27. The lowest BCUT2D eigenvalue weighted by Gasteiger charge is -2.13. The number of ketones is 1. The fourth-order valence-electron chi connectivity index (χ4n) is 2.11. The predicted molar refractivity (Wildman–Crippen MR) is 83.6 cm³/mol. The summed E-state index contributed by atoms with van der Waals surface area (Å²) in [5.74, 6) is -1.29. The fraction of sp³-hybridized carbons (Fsp3) is 0.222. The number of benzene rings is 2. The lowest BCUT2D eigenvalue weighted by Crippen LogP contribution is -2.09. The summed E-state index contributed by atoms with van der Waals surface area (Å²) in [6, 6.07) is 8.96. The van der Waals surface area contributed by atoms with Crippen LogP contribution in [0.3, 0.4) is 0 Å². The van der Waals surface area contributed by atoms with E-state index in [4.69, 9.17) is 9.47 Å². The van der Waals surface area contributed by atoms with Crippen molar-refractivity contribution >= 4 is 11.8 Å². The van der Waals surface area contributed by atoms with Gasteiger partial charge >= 0.3 is 5.97 Å². The highest BCUT2D eigenvalue weighted by molar-refractivity contribution is 5.95. The molecule has 120 valence electrons. The number of Topliss-reactive ketones (excluding diaryl/α,β-unsaturated/α-hetero) is 1. The van der Waals surface area contributed by atoms with Gasteiger partial charge in [-0.15, -0.1) is 0 Å². The highest BCUT2D eigenvalue weighted by Gasteiger charge is 2.18. The maximum absolute atomic E-state index is 14.1. The third-order valence-corrected chi connectivity index (χ3v) is 3.27. The Kier molecular flexibility index (Phi) is 5.11. The Morgan fingerprint density at radius 2 is 1.87 bits per heavy atom. The molecule has 0 aromatic heterocycles. The highest BCUT2D eigenvalue weighted by atomic mass is 19.1. The number of carbonyl (C=O) groups excluding carboxylic acids is 2. The maximum Gasteiger partial charge on any atom is 0.342 e. The lowest BCUT2D eigenvalue weighted by molar-refractivity contribution is 0.0522. The first-order chi connectivity index (χ1) is 10.9. The van der Waals surface area contributed by atoms with Gasteiger partial charge in [-0.1, -0.05) is 12.1 Å². The van der Waals surface area contributed by atoms with E-state index in [1.807, 2.05) is 0 Å². The van der Waals surface area contributed by atoms with Crippen LogP contribution in [0.25, 0.3) is 0 Å². The van der Waals surface area contributed by atoms with Crippen molar-refractivity contribution in [1.82, 2.24) is 0 Å². The van der Waals surface area contributed by atoms with Crippen molar-refractivity contribution in [3.05, 3.63) is 58.9 Å². The topological polar surface area (TPSA) is 52.6 Å². The van der Waals surface area contributed by atoms with E-state index in [0.29, 0.717) is 5.56 Å². The van der Waals surface area contributed by atoms with Crippen LogP contribution in [0.15, 0.2) is 36.4 Å². The van der Waals surface area contributed by atoms with Crippen molar-refractivity contribution in [2.45, 2.75) is 20.8 Å². The molecule has 2 aromatic carbocycles. The Balaban J connectivity index is 2.39. The molecule has 0 aliphatic carbocycles. The van der Waals surface area contributed by atoms with Crippen molar-refractivity contribution in [1.29, 1.82) is 0 Å². The molecule has 2 rings (SSSR count). The van der Waals surface area contributed by atoms with Gasteiger partial charge in [0.15, 0.2) is 17.3 Å². The molecule has 0 radical (unpaired) electrons. The molecule has 2 aromatic rings. The molecule has 5 heteroatoms. The van der Waals surface area contributed by atoms with Crippen molar-refractivity contribution in [3.63, 3.8) is 0 Å². The summed E-state index contributed by atoms with van der Waals surface area (Å²) >= 11 is 0. The smallest absolute Gasteiger partial charge is 0.342 e. The summed E-state index contributed by atoms with van der Waals surface area (Å²) in [6.07, 6.45) is 0. The Morgan fingerprint density at radius 1 is 1.13 bits per heavy atom. The standard InChI is InChI=1S/C18H17FO4/c1-4-22-18(21)17-11(2)6-5-7-16(17)23-15-9-8-13(12(3)20)10-14(15)19/h5-10H,4H2,1-3H3. The van der Waals surface area contributed by atoms with Crippen LogP contribution in [-0.4, -0.2) is 18.4 Å². The van der Waals surface area contributed by atoms with E-state index in [0.717, 1.165) is 6.07 Å². The van der Waals surface area contributed by atoms with Crippen molar-refractivity contribution in [2.24, 2.45) is 0 Å². The van der Waals surface area contributed by atoms with E-state index in [1.165, 1.54) is 19.1 Å². The van der Waals surface area contributed by atoms with Gasteiger partial charge in [0.1, 0.15) is 11.3 Å². The monoisotopic (exact) mass is 316 g/mol. The molecule has 4 nitrogen and oxygen atoms in total. The quantitative estimate of drug-likeness (QED) is 0.609. The third kappa shape index (κ3) is 3.74. The zero-order chi connectivity index (χ0) is 17.0. The highest BCUT2D eigenvalue weighted by Crippen LogP contribution is 2.30. The van der Waals surface area contributed by atoms with Crippen molar-refractivity contribution in [2.75, 3.05) is 6.61 Å². The van der Waals surface area contributed by atoms with E-state index in [9.17, 15) is 14.0 Å². The Bertz CT molecular complexity index is 753. The second kappa shape index (κ2) is 7.05. The average Bonchev–Trinajstić information content (AvgIpc) is 2.49. The average molecular weight is 316 g/mol. The SMILES string of the molecule is CCOC(=O)c1c(C)cccc1Oc1ccc(C(C)=O)cc1F. The number of halogens is 1. The van der Waals surface area contributed by atoms with Crippen molar-refractivity contribution in [3.8, 4) is 11.5 Å². The Morgan fingerprint density at radius 3 is 2.48 bits per heavy atom. The Labute approximate surface area is 133 Å². The number of esters is 1. The van der Waals surface area contributed by atoms with E-state index in [1.54, 1.807) is 32.0 Å². The van der Waals surface area contributed by atoms with Gasteiger partial charge in [0.05, 0.1) is 6.61 Å². The first-order valence-electron chi connectivity index (χ1n) is 7.19. The molecular weight excluding hydrogens is 299 g/mol. The number of carbonyl (C=O) groups is 2. The van der Waals surface area contributed by atoms with Gasteiger partial charge in [-0.05, 0) is 50.6 Å². The van der Waals surface area contributed by atoms with E-state index >= 15 is 0 Å². The van der Waals surface area contributed by atoms with Crippen LogP contribution >= 0.6 is 0 Å². The number of aryl methyl sites for hydroxylation is 1. The summed E-state index contributed by atoms with van der Waals surface area (Å²) in [5.41, 5.74) is 1.18. The van der Waals surface area contributed by atoms with Crippen LogP contribution in [0.5, 0.6) is 11.5 Å². The first kappa shape index (κ1) is 16.7. The van der Waals surface area contributed by atoms with E-state index < -0.39 is 11.8 Å². The molecule has 0 unspecified atom stereocenters. The molecule has 0 amide bonds. The molecule has 0 heterocycles. The molecule has 0 spiro atoms. The number of ether oxygens (including phenoxy) is 2. The van der Waals surface area contributed by atoms with Gasteiger partial charge in [0.25, 0.3) is 0 Å². The van der Waals surface area contributed by atoms with Gasteiger partial charge in [0.2, 0.25) is 0 Å². The summed E-state index contributed by atoms with van der Waals surface area (Å²) in [6.45, 7) is 5.04. The van der Waals surface area contributed by atoms with Gasteiger partial charge in [-0.3, -0.25) is 4.79 Å². The predicted octanol–water partition coefficient (Wildman–Crippen LogP) is 4.31. The summed E-state index contributed by atoms with van der Waals surface area (Å²) < 4.78 is 24.6. The fourth-order valence-corrected chi connectivity index (χ4v) is 2.11. The Hall–Kier alpha value is -2.69. The maximum atomic E-state index is 14.1. The van der Waals surface area contributed by atoms with Gasteiger partial charge in [-0.2, -0.15) is 0 Å². The molecule has 0 N–H and O–H groups in total. The minimum absolute atomic E-state index is 0.0638. The second-order valence-electron chi connectivity index (χ2n) is 4.97. The minimum Gasteiger partial charge on any atom is -0.462 e. The van der Waals surface area contributed by atoms with Crippen LogP contribution < -0.4 is 4.74 Å². The molecule has 23 heavy (non-hydrogen) atoms. The normalized spacial score (nSPS) is 10.3. The second-order valence-corrected chi connectivity index (χ2v) is 4.97. The molecular formula is C18H17FO4. The molecule has 0 bridgehead atoms. The lowest BCUT2D eigenvalue weighted by atomic mass is 10.1. The molecule has 0 aliphatic heterocycles. The van der Waals surface area contributed by atoms with Gasteiger partial charge in [0, 0.05) is 5.56 Å². The molecule has 0 atom stereocenters. The minimum atomic E-state index is -0.672. The van der Waals surface area contributed by atoms with Crippen LogP contribution in [0.1, 0.15) is 40.1 Å². The largest absolute Gasteiger partial charge is 0.462 e. The first-order valence-corrected chi connectivity index (χ1v) is 7.19. The van der Waals surface area contributed by atoms with Gasteiger partial charge < -0.3 is 9.47 Å². The zero-order valence-corrected chi connectivity index (χ0v) is 13.2. The van der Waals surface area contributed by atoms with Crippen LogP contribution in [0, 0.1) is 12.7 Å². The van der Waals surface area contributed by atoms with E-state index in [-0.39, 0.29) is 35.0 Å². The van der Waals surface area contributed by atoms with Gasteiger partial charge in [-0.25, -0.2) is 9.18 Å². The number of hydrogen-bond acceptors (Lipinski definition) is 4. The van der Waals surface area contributed by atoms with E-state index in [2.05, 4.69) is 0 Å².